The third kappa shape index (κ3) is 1.99. The maximum absolute atomic E-state index is 12.0. The average molecular weight is 206 g/mol. The Balaban J connectivity index is 2.86. The maximum atomic E-state index is 12.0. The molecule has 0 fully saturated rings. The number of hydrogen-bond acceptors (Lipinski definition) is 1. The Bertz CT molecular complexity index is 778. The van der Waals surface area contributed by atoms with Crippen molar-refractivity contribution >= 4 is 0 Å². The van der Waals surface area contributed by atoms with E-state index >= 15 is 0 Å². The van der Waals surface area contributed by atoms with E-state index in [4.69, 9.17) is 9.60 Å². The first-order valence-electron chi connectivity index (χ1n) is 7.86. The molecule has 0 N–H and O–H groups in total. The van der Waals surface area contributed by atoms with Gasteiger partial charge in [-0.2, -0.15) is 0 Å². The summed E-state index contributed by atoms with van der Waals surface area (Å²) in [6.07, 6.45) is 1.04. The van der Waals surface area contributed by atoms with E-state index in [9.17, 15) is 4.79 Å². The summed E-state index contributed by atoms with van der Waals surface area (Å²) < 4.78 is 54.5. The van der Waals surface area contributed by atoms with Crippen LogP contribution in [0, 0.1) is 13.8 Å². The maximum Gasteiger partial charge on any atom is 0.255 e. The third-order valence-electron chi connectivity index (χ3n) is 1.89. The highest BCUT2D eigenvalue weighted by atomic mass is 16.1. The van der Waals surface area contributed by atoms with Crippen LogP contribution in [0.3, 0.4) is 0 Å². The normalized spacial score (nSPS) is 17.8. The topological polar surface area (TPSA) is 22.0 Å². The number of aryl methyl sites for hydroxylation is 1. The molecule has 1 heterocycles. The molecule has 1 aromatic carbocycles. The van der Waals surface area contributed by atoms with Gasteiger partial charge in [0.15, 0.2) is 0 Å². The average Bonchev–Trinajstić information content (AvgIpc) is 2.44. The Kier molecular flexibility index (Phi) is 1.08. The third-order valence-corrected chi connectivity index (χ3v) is 1.89. The first kappa shape index (κ1) is 4.35. The number of pyridine rings is 1. The molecular formula is C13H13NO. The van der Waals surface area contributed by atoms with Crippen LogP contribution < -0.4 is 5.56 Å². The van der Waals surface area contributed by atoms with Gasteiger partial charge in [-0.15, -0.1) is 0 Å². The van der Waals surface area contributed by atoms with Crippen LogP contribution in [-0.4, -0.2) is 4.57 Å². The van der Waals surface area contributed by atoms with Gasteiger partial charge in [0.1, 0.15) is 0 Å². The molecule has 0 saturated heterocycles. The van der Waals surface area contributed by atoms with Crippen molar-refractivity contribution in [3.63, 3.8) is 0 Å². The van der Waals surface area contributed by atoms with Crippen molar-refractivity contribution in [3.05, 3.63) is 64.0 Å². The molecule has 0 atom stereocenters. The second kappa shape index (κ2) is 3.73. The highest BCUT2D eigenvalue weighted by Gasteiger charge is 1.98. The largest absolute Gasteiger partial charge is 0.284 e. The van der Waals surface area contributed by atoms with Gasteiger partial charge >= 0.3 is 0 Å². The van der Waals surface area contributed by atoms with Gasteiger partial charge in [0.2, 0.25) is 0 Å². The number of nitrogens with zero attached hydrogens (tertiary/aromatic N) is 1. The van der Waals surface area contributed by atoms with Crippen LogP contribution in [0.5, 0.6) is 0 Å². The number of aromatic nitrogens is 1. The number of benzene rings is 1. The summed E-state index contributed by atoms with van der Waals surface area (Å²) >= 11 is 0. The summed E-state index contributed by atoms with van der Waals surface area (Å²) in [6.45, 7) is -0.996. The Morgan fingerprint density at radius 1 is 1.20 bits per heavy atom. The second-order valence-corrected chi connectivity index (χ2v) is 3.10. The molecular weight excluding hydrogens is 186 g/mol. The molecule has 0 aliphatic heterocycles. The van der Waals surface area contributed by atoms with E-state index in [2.05, 4.69) is 0 Å². The molecule has 15 heavy (non-hydrogen) atoms. The van der Waals surface area contributed by atoms with Gasteiger partial charge in [0.25, 0.3) is 5.56 Å². The van der Waals surface area contributed by atoms with Crippen molar-refractivity contribution in [2.45, 2.75) is 13.8 Å². The molecule has 0 saturated carbocycles. The smallest absolute Gasteiger partial charge is 0.255 e. The lowest BCUT2D eigenvalue weighted by Crippen LogP contribution is -2.16. The zero-order chi connectivity index (χ0) is 16.8. The van der Waals surface area contributed by atoms with Crippen LogP contribution in [0.2, 0.25) is 0 Å². The van der Waals surface area contributed by atoms with Crippen LogP contribution in [-0.2, 0) is 0 Å². The summed E-state index contributed by atoms with van der Waals surface area (Å²) in [5.74, 6) is 0. The van der Waals surface area contributed by atoms with Crippen LogP contribution in [0.25, 0.3) is 5.69 Å². The van der Waals surface area contributed by atoms with E-state index in [1.165, 1.54) is 6.92 Å². The van der Waals surface area contributed by atoms with Crippen LogP contribution in [0.4, 0.5) is 0 Å². The minimum Gasteiger partial charge on any atom is -0.284 e. The van der Waals surface area contributed by atoms with E-state index in [1.807, 2.05) is 0 Å². The van der Waals surface area contributed by atoms with Crippen molar-refractivity contribution < 1.29 is 9.60 Å². The molecule has 2 aromatic rings. The monoisotopic (exact) mass is 206 g/mol. The molecule has 76 valence electrons. The first-order chi connectivity index (χ1) is 10.1. The molecule has 0 bridgehead atoms. The van der Waals surface area contributed by atoms with Crippen molar-refractivity contribution in [1.82, 2.24) is 4.57 Å². The predicted octanol–water partition coefficient (Wildman–Crippen LogP) is 2.45. The predicted molar refractivity (Wildman–Crippen MR) is 61.5 cm³/mol. The summed E-state index contributed by atoms with van der Waals surface area (Å²) in [4.78, 5) is 12.0. The summed E-state index contributed by atoms with van der Waals surface area (Å²) in [5.41, 5.74) is -0.835. The fourth-order valence-electron chi connectivity index (χ4n) is 1.15. The standard InChI is InChI=1S/C13H13NO/c1-10-3-6-12(7-4-10)14-9-11(2)5-8-13(14)15/h3-9H,1-2H3/i2D3,3D,4D,6D,7D. The summed E-state index contributed by atoms with van der Waals surface area (Å²) in [5, 5.41) is 0. The molecule has 0 aliphatic rings. The molecule has 2 heteroatoms. The highest BCUT2D eigenvalue weighted by Crippen LogP contribution is 2.07. The van der Waals surface area contributed by atoms with Crippen LogP contribution >= 0.6 is 0 Å². The number of rotatable bonds is 1. The molecule has 0 aliphatic carbocycles. The Morgan fingerprint density at radius 2 is 1.93 bits per heavy atom. The van der Waals surface area contributed by atoms with Gasteiger partial charge in [-0.1, -0.05) is 23.7 Å². The van der Waals surface area contributed by atoms with Gasteiger partial charge in [-0.25, -0.2) is 0 Å². The number of hydrogen-bond donors (Lipinski definition) is 0. The van der Waals surface area contributed by atoms with Crippen molar-refractivity contribution in [3.8, 4) is 5.69 Å². The van der Waals surface area contributed by atoms with Gasteiger partial charge in [-0.05, 0) is 31.4 Å². The lowest BCUT2D eigenvalue weighted by atomic mass is 10.2. The van der Waals surface area contributed by atoms with E-state index < -0.39 is 12.4 Å². The minimum absolute atomic E-state index is 0.121. The van der Waals surface area contributed by atoms with Gasteiger partial charge in [0.05, 0.1) is 5.48 Å². The van der Waals surface area contributed by atoms with E-state index in [1.54, 1.807) is 0 Å². The van der Waals surface area contributed by atoms with Crippen molar-refractivity contribution in [1.29, 1.82) is 0 Å². The Labute approximate surface area is 98.6 Å². The zero-order valence-electron chi connectivity index (χ0n) is 15.1. The molecule has 0 spiro atoms. The fraction of sp³-hybridized carbons (Fsp3) is 0.154. The second-order valence-electron chi connectivity index (χ2n) is 3.10. The molecule has 2 rings (SSSR count). The first-order valence-corrected chi connectivity index (χ1v) is 4.36. The molecule has 1 aromatic heterocycles. The lowest BCUT2D eigenvalue weighted by Gasteiger charge is -2.06. The summed E-state index contributed by atoms with van der Waals surface area (Å²) in [7, 11) is 0. The van der Waals surface area contributed by atoms with Gasteiger partial charge in [0, 0.05) is 22.1 Å². The lowest BCUT2D eigenvalue weighted by molar-refractivity contribution is 0.975. The molecule has 0 amide bonds. The van der Waals surface area contributed by atoms with Crippen molar-refractivity contribution in [2.75, 3.05) is 0 Å². The molecule has 0 radical (unpaired) electrons. The van der Waals surface area contributed by atoms with Gasteiger partial charge < -0.3 is 0 Å². The van der Waals surface area contributed by atoms with E-state index in [0.717, 1.165) is 22.9 Å². The summed E-state index contributed by atoms with van der Waals surface area (Å²) in [6, 6.07) is 0.903. The Morgan fingerprint density at radius 3 is 2.60 bits per heavy atom. The van der Waals surface area contributed by atoms with E-state index in [-0.39, 0.29) is 41.0 Å². The zero-order valence-corrected chi connectivity index (χ0v) is 8.09. The Hall–Kier alpha value is -1.83. The fourth-order valence-corrected chi connectivity index (χ4v) is 1.15. The highest BCUT2D eigenvalue weighted by molar-refractivity contribution is 5.35. The molecule has 0 unspecified atom stereocenters. The SMILES string of the molecule is [2H]c1c([2H])c(-n2cc(C([2H])([2H])[2H])ccc2=O)c([2H])c([2H])c1C. The minimum atomic E-state index is -2.45. The van der Waals surface area contributed by atoms with E-state index in [0.29, 0.717) is 0 Å². The van der Waals surface area contributed by atoms with Crippen molar-refractivity contribution in [2.24, 2.45) is 0 Å². The molecule has 2 nitrogen and oxygen atoms in total. The van der Waals surface area contributed by atoms with Crippen LogP contribution in [0.1, 0.15) is 20.7 Å². The quantitative estimate of drug-likeness (QED) is 0.702. The van der Waals surface area contributed by atoms with Gasteiger partial charge in [-0.3, -0.25) is 9.36 Å². The van der Waals surface area contributed by atoms with Crippen LogP contribution in [0.15, 0.2) is 47.3 Å².